The summed E-state index contributed by atoms with van der Waals surface area (Å²) in [5.41, 5.74) is 2.06. The first kappa shape index (κ1) is 11.4. The molecule has 3 aromatic rings. The molecule has 4 nitrogen and oxygen atoms in total. The molecule has 0 aliphatic rings. The summed E-state index contributed by atoms with van der Waals surface area (Å²) >= 11 is 0. The van der Waals surface area contributed by atoms with Crippen LogP contribution in [0.1, 0.15) is 17.0 Å². The summed E-state index contributed by atoms with van der Waals surface area (Å²) in [5, 5.41) is 8.96. The summed E-state index contributed by atoms with van der Waals surface area (Å²) in [4.78, 5) is 8.41. The van der Waals surface area contributed by atoms with Crippen molar-refractivity contribution in [3.63, 3.8) is 0 Å². The average molecular weight is 252 g/mol. The number of hydrogen-bond acceptors (Lipinski definition) is 3. The van der Waals surface area contributed by atoms with Crippen molar-refractivity contribution in [3.05, 3.63) is 65.6 Å². The van der Waals surface area contributed by atoms with E-state index in [1.54, 1.807) is 41.2 Å². The Morgan fingerprint density at radius 1 is 1.32 bits per heavy atom. The molecule has 3 rings (SSSR count). The van der Waals surface area contributed by atoms with E-state index in [4.69, 9.17) is 5.26 Å². The number of fused-ring (bicyclic) bond motifs is 1. The second-order valence-electron chi connectivity index (χ2n) is 4.11. The van der Waals surface area contributed by atoms with Crippen molar-refractivity contribution in [1.29, 1.82) is 5.26 Å². The van der Waals surface area contributed by atoms with Crippen molar-refractivity contribution in [2.24, 2.45) is 0 Å². The minimum Gasteiger partial charge on any atom is -0.303 e. The van der Waals surface area contributed by atoms with Gasteiger partial charge in [-0.1, -0.05) is 18.2 Å². The van der Waals surface area contributed by atoms with Crippen molar-refractivity contribution in [1.82, 2.24) is 14.4 Å². The molecular formula is C14H9FN4. The van der Waals surface area contributed by atoms with Crippen LogP contribution in [0.15, 0.2) is 42.9 Å². The monoisotopic (exact) mass is 252 g/mol. The van der Waals surface area contributed by atoms with Crippen molar-refractivity contribution in [2.75, 3.05) is 0 Å². The number of halogens is 1. The third-order valence-electron chi connectivity index (χ3n) is 2.87. The largest absolute Gasteiger partial charge is 0.303 e. The molecule has 1 aromatic carbocycles. The Balaban J connectivity index is 2.12. The van der Waals surface area contributed by atoms with E-state index in [0.717, 1.165) is 0 Å². The van der Waals surface area contributed by atoms with Crippen LogP contribution in [0.4, 0.5) is 4.39 Å². The lowest BCUT2D eigenvalue weighted by Gasteiger charge is -2.05. The molecule has 92 valence electrons. The molecule has 0 aliphatic carbocycles. The highest BCUT2D eigenvalue weighted by Gasteiger charge is 2.10. The lowest BCUT2D eigenvalue weighted by Crippen LogP contribution is -2.02. The van der Waals surface area contributed by atoms with Gasteiger partial charge in [-0.15, -0.1) is 0 Å². The maximum absolute atomic E-state index is 13.7. The topological polar surface area (TPSA) is 54.0 Å². The predicted octanol–water partition coefficient (Wildman–Crippen LogP) is 2.33. The van der Waals surface area contributed by atoms with Crippen molar-refractivity contribution in [2.45, 2.75) is 6.42 Å². The number of hydrogen-bond donors (Lipinski definition) is 0. The van der Waals surface area contributed by atoms with E-state index in [2.05, 4.69) is 9.97 Å². The zero-order valence-corrected chi connectivity index (χ0v) is 9.92. The molecule has 2 heterocycles. The fourth-order valence-corrected chi connectivity index (χ4v) is 1.99. The van der Waals surface area contributed by atoms with Crippen LogP contribution in [0.5, 0.6) is 0 Å². The summed E-state index contributed by atoms with van der Waals surface area (Å²) in [6.45, 7) is 0. The average Bonchev–Trinajstić information content (AvgIpc) is 2.89. The Labute approximate surface area is 108 Å². The van der Waals surface area contributed by atoms with Crippen molar-refractivity contribution >= 4 is 5.65 Å². The van der Waals surface area contributed by atoms with Crippen LogP contribution in [0, 0.1) is 17.1 Å². The molecule has 0 aliphatic heterocycles. The molecule has 19 heavy (non-hydrogen) atoms. The van der Waals surface area contributed by atoms with E-state index >= 15 is 0 Å². The van der Waals surface area contributed by atoms with Gasteiger partial charge in [0.25, 0.3) is 0 Å². The Morgan fingerprint density at radius 2 is 2.16 bits per heavy atom. The third kappa shape index (κ3) is 2.04. The van der Waals surface area contributed by atoms with Gasteiger partial charge in [-0.3, -0.25) is 0 Å². The van der Waals surface area contributed by atoms with Gasteiger partial charge in [0.05, 0.1) is 5.69 Å². The second kappa shape index (κ2) is 4.50. The second-order valence-corrected chi connectivity index (χ2v) is 4.11. The quantitative estimate of drug-likeness (QED) is 0.703. The molecule has 0 atom stereocenters. The minimum atomic E-state index is -0.281. The number of nitriles is 1. The van der Waals surface area contributed by atoms with E-state index in [0.29, 0.717) is 23.3 Å². The smallest absolute Gasteiger partial charge is 0.158 e. The highest BCUT2D eigenvalue weighted by Crippen LogP contribution is 2.15. The van der Waals surface area contributed by atoms with Crippen molar-refractivity contribution in [3.8, 4) is 6.07 Å². The van der Waals surface area contributed by atoms with E-state index in [1.165, 1.54) is 6.07 Å². The summed E-state index contributed by atoms with van der Waals surface area (Å²) in [7, 11) is 0. The summed E-state index contributed by atoms with van der Waals surface area (Å²) in [6, 6.07) is 8.52. The standard InChI is InChI=1S/C14H9FN4/c15-12-4-2-1-3-10(12)7-13-14-17-5-6-19(14)9-11(8-16)18-13/h1-6,9H,7H2. The fraction of sp³-hybridized carbons (Fsp3) is 0.0714. The molecule has 5 heteroatoms. The number of nitrogens with zero attached hydrogens (tertiary/aromatic N) is 4. The first-order valence-corrected chi connectivity index (χ1v) is 5.74. The van der Waals surface area contributed by atoms with Gasteiger partial charge in [-0.05, 0) is 11.6 Å². The molecule has 0 fully saturated rings. The van der Waals surface area contributed by atoms with Gasteiger partial charge >= 0.3 is 0 Å². The number of rotatable bonds is 2. The van der Waals surface area contributed by atoms with Gasteiger partial charge < -0.3 is 4.40 Å². The van der Waals surface area contributed by atoms with Crippen LogP contribution in [-0.2, 0) is 6.42 Å². The summed E-state index contributed by atoms with van der Waals surface area (Å²) in [6.07, 6.45) is 5.28. The molecule has 0 amide bonds. The van der Waals surface area contributed by atoms with Gasteiger partial charge in [-0.25, -0.2) is 14.4 Å². The van der Waals surface area contributed by atoms with E-state index < -0.39 is 0 Å². The van der Waals surface area contributed by atoms with Gasteiger partial charge in [0.2, 0.25) is 0 Å². The van der Waals surface area contributed by atoms with Crippen molar-refractivity contribution < 1.29 is 4.39 Å². The molecule has 2 aromatic heterocycles. The van der Waals surface area contributed by atoms with Crippen LogP contribution < -0.4 is 0 Å². The normalized spacial score (nSPS) is 10.5. The van der Waals surface area contributed by atoms with Crippen LogP contribution in [0.3, 0.4) is 0 Å². The van der Waals surface area contributed by atoms with Gasteiger partial charge in [-0.2, -0.15) is 5.26 Å². The Morgan fingerprint density at radius 3 is 2.95 bits per heavy atom. The van der Waals surface area contributed by atoms with Crippen LogP contribution in [0.25, 0.3) is 5.65 Å². The van der Waals surface area contributed by atoms with Gasteiger partial charge in [0.1, 0.15) is 11.9 Å². The molecular weight excluding hydrogens is 243 g/mol. The first-order chi connectivity index (χ1) is 9.28. The molecule has 0 saturated heterocycles. The zero-order valence-electron chi connectivity index (χ0n) is 9.92. The Hall–Kier alpha value is -2.74. The maximum atomic E-state index is 13.7. The molecule has 0 radical (unpaired) electrons. The number of aromatic nitrogens is 3. The predicted molar refractivity (Wildman–Crippen MR) is 66.9 cm³/mol. The SMILES string of the molecule is N#Cc1cn2ccnc2c(Cc2ccccc2F)n1. The van der Waals surface area contributed by atoms with Gasteiger partial charge in [0, 0.05) is 25.0 Å². The number of benzene rings is 1. The maximum Gasteiger partial charge on any atom is 0.158 e. The highest BCUT2D eigenvalue weighted by molar-refractivity contribution is 5.47. The fourth-order valence-electron chi connectivity index (χ4n) is 1.99. The lowest BCUT2D eigenvalue weighted by atomic mass is 10.1. The minimum absolute atomic E-state index is 0.281. The van der Waals surface area contributed by atoms with E-state index in [1.807, 2.05) is 6.07 Å². The Kier molecular flexibility index (Phi) is 2.69. The zero-order chi connectivity index (χ0) is 13.2. The van der Waals surface area contributed by atoms with Crippen LogP contribution in [0.2, 0.25) is 0 Å². The summed E-state index contributed by atoms with van der Waals surface area (Å²) < 4.78 is 15.4. The third-order valence-corrected chi connectivity index (χ3v) is 2.87. The lowest BCUT2D eigenvalue weighted by molar-refractivity contribution is 0.613. The highest BCUT2D eigenvalue weighted by atomic mass is 19.1. The molecule has 0 spiro atoms. The molecule has 0 unspecified atom stereocenters. The molecule has 0 saturated carbocycles. The van der Waals surface area contributed by atoms with E-state index in [-0.39, 0.29) is 11.5 Å². The molecule has 0 bridgehead atoms. The summed E-state index contributed by atoms with van der Waals surface area (Å²) in [5.74, 6) is -0.281. The van der Waals surface area contributed by atoms with E-state index in [9.17, 15) is 4.39 Å². The van der Waals surface area contributed by atoms with Crippen LogP contribution >= 0.6 is 0 Å². The van der Waals surface area contributed by atoms with Crippen LogP contribution in [-0.4, -0.2) is 14.4 Å². The Bertz CT molecular complexity index is 785. The number of imidazole rings is 1. The first-order valence-electron chi connectivity index (χ1n) is 5.74. The molecule has 0 N–H and O–H groups in total. The van der Waals surface area contributed by atoms with Gasteiger partial charge in [0.15, 0.2) is 11.3 Å².